The van der Waals surface area contributed by atoms with Crippen LogP contribution in [0.15, 0.2) is 11.4 Å². The van der Waals surface area contributed by atoms with Gasteiger partial charge in [-0.2, -0.15) is 0 Å². The molecule has 1 N–H and O–H groups in total. The van der Waals surface area contributed by atoms with Crippen LogP contribution in [0.4, 0.5) is 0 Å². The Balaban J connectivity index is 2.48. The fraction of sp³-hybridized carbons (Fsp3) is 0.583. The molecule has 0 amide bonds. The molecule has 1 rings (SSSR count). The summed E-state index contributed by atoms with van der Waals surface area (Å²) in [6, 6.07) is 0. The summed E-state index contributed by atoms with van der Waals surface area (Å²) in [7, 11) is 0. The zero-order valence-electron chi connectivity index (χ0n) is 11.1. The highest BCUT2D eigenvalue weighted by molar-refractivity contribution is 7.99. The van der Waals surface area contributed by atoms with Crippen LogP contribution in [0.1, 0.15) is 25.5 Å². The second kappa shape index (κ2) is 7.83. The van der Waals surface area contributed by atoms with Crippen LogP contribution in [-0.2, 0) is 20.9 Å². The average Bonchev–Trinajstić information content (AvgIpc) is 2.67. The van der Waals surface area contributed by atoms with Crippen LogP contribution >= 0.6 is 11.8 Å². The van der Waals surface area contributed by atoms with Gasteiger partial charge in [-0.05, 0) is 20.3 Å². The third-order valence-corrected chi connectivity index (χ3v) is 3.25. The largest absolute Gasteiger partial charge is 0.481 e. The molecule has 6 nitrogen and oxygen atoms in total. The minimum atomic E-state index is -0.872. The number of thioether (sulfide) groups is 1. The number of hydrogen-bond donors (Lipinski definition) is 1. The molecule has 1 aromatic heterocycles. The highest BCUT2D eigenvalue weighted by Crippen LogP contribution is 2.18. The van der Waals surface area contributed by atoms with Crippen LogP contribution in [0.5, 0.6) is 0 Å². The van der Waals surface area contributed by atoms with E-state index >= 15 is 0 Å². The molecule has 0 saturated heterocycles. The van der Waals surface area contributed by atoms with Gasteiger partial charge < -0.3 is 14.4 Å². The lowest BCUT2D eigenvalue weighted by Gasteiger charge is -2.06. The number of carbonyl (C=O) groups is 2. The van der Waals surface area contributed by atoms with E-state index in [0.29, 0.717) is 31.1 Å². The summed E-state index contributed by atoms with van der Waals surface area (Å²) in [5, 5.41) is 9.33. The van der Waals surface area contributed by atoms with Crippen LogP contribution in [0.3, 0.4) is 0 Å². The van der Waals surface area contributed by atoms with Crippen LogP contribution < -0.4 is 0 Å². The van der Waals surface area contributed by atoms with Crippen molar-refractivity contribution < 1.29 is 19.4 Å². The monoisotopic (exact) mass is 286 g/mol. The third-order valence-electron chi connectivity index (χ3n) is 2.27. The van der Waals surface area contributed by atoms with Gasteiger partial charge in [0, 0.05) is 19.2 Å². The molecule has 0 unspecified atom stereocenters. The molecule has 1 heterocycles. The summed E-state index contributed by atoms with van der Waals surface area (Å²) >= 11 is 1.18. The Kier molecular flexibility index (Phi) is 6.41. The van der Waals surface area contributed by atoms with Gasteiger partial charge in [-0.1, -0.05) is 11.8 Å². The zero-order chi connectivity index (χ0) is 14.3. The Morgan fingerprint density at radius 2 is 2.26 bits per heavy atom. The number of nitrogens with zero attached hydrogens (tertiary/aromatic N) is 2. The molecule has 0 spiro atoms. The van der Waals surface area contributed by atoms with Gasteiger partial charge in [-0.25, -0.2) is 4.98 Å². The maximum Gasteiger partial charge on any atom is 0.313 e. The standard InChI is InChI=1S/C12H18N2O4S/c1-3-18-11(17)5-4-6-14-7-9(2)13-12(14)19-8-10(15)16/h7H,3-6,8H2,1-2H3,(H,15,16). The molecule has 0 atom stereocenters. The van der Waals surface area contributed by atoms with Crippen molar-refractivity contribution in [2.45, 2.75) is 38.4 Å². The molecule has 19 heavy (non-hydrogen) atoms. The second-order valence-electron chi connectivity index (χ2n) is 3.95. The highest BCUT2D eigenvalue weighted by atomic mass is 32.2. The van der Waals surface area contributed by atoms with Crippen LogP contribution in [-0.4, -0.2) is 39.0 Å². The number of esters is 1. The van der Waals surface area contributed by atoms with E-state index < -0.39 is 5.97 Å². The molecule has 106 valence electrons. The summed E-state index contributed by atoms with van der Waals surface area (Å²) < 4.78 is 6.72. The van der Waals surface area contributed by atoms with Crippen LogP contribution in [0, 0.1) is 6.92 Å². The molecule has 0 radical (unpaired) electrons. The van der Waals surface area contributed by atoms with Gasteiger partial charge in [0.2, 0.25) is 0 Å². The molecule has 1 aromatic rings. The van der Waals surface area contributed by atoms with Crippen molar-refractivity contribution in [1.82, 2.24) is 9.55 Å². The number of aromatic nitrogens is 2. The number of aryl methyl sites for hydroxylation is 2. The molecule has 0 aromatic carbocycles. The van der Waals surface area contributed by atoms with E-state index in [1.54, 1.807) is 6.92 Å². The Hall–Kier alpha value is -1.50. The smallest absolute Gasteiger partial charge is 0.313 e. The van der Waals surface area contributed by atoms with Gasteiger partial charge in [0.15, 0.2) is 5.16 Å². The number of carboxylic acids is 1. The fourth-order valence-electron chi connectivity index (χ4n) is 1.55. The first-order chi connectivity index (χ1) is 9.02. The summed E-state index contributed by atoms with van der Waals surface area (Å²) in [4.78, 5) is 26.0. The van der Waals surface area contributed by atoms with E-state index in [1.165, 1.54) is 11.8 Å². The first kappa shape index (κ1) is 15.6. The first-order valence-electron chi connectivity index (χ1n) is 6.07. The van der Waals surface area contributed by atoms with Gasteiger partial charge in [0.05, 0.1) is 18.1 Å². The molecule has 0 fully saturated rings. The second-order valence-corrected chi connectivity index (χ2v) is 4.89. The quantitative estimate of drug-likeness (QED) is 0.579. The summed E-state index contributed by atoms with van der Waals surface area (Å²) in [5.41, 5.74) is 0.837. The van der Waals surface area contributed by atoms with Gasteiger partial charge in [-0.15, -0.1) is 0 Å². The fourth-order valence-corrected chi connectivity index (χ4v) is 2.32. The SMILES string of the molecule is CCOC(=O)CCCn1cc(C)nc1SCC(=O)O. The van der Waals surface area contributed by atoms with E-state index in [4.69, 9.17) is 9.84 Å². The first-order valence-corrected chi connectivity index (χ1v) is 7.05. The summed E-state index contributed by atoms with van der Waals surface area (Å²) in [5.74, 6) is -1.10. The average molecular weight is 286 g/mol. The lowest BCUT2D eigenvalue weighted by atomic mass is 10.3. The van der Waals surface area contributed by atoms with E-state index in [0.717, 1.165) is 5.69 Å². The predicted octanol–water partition coefficient (Wildman–Crippen LogP) is 1.71. The lowest BCUT2D eigenvalue weighted by molar-refractivity contribution is -0.143. The third kappa shape index (κ3) is 5.78. The van der Waals surface area contributed by atoms with Crippen LogP contribution in [0.2, 0.25) is 0 Å². The van der Waals surface area contributed by atoms with Gasteiger partial charge in [0.1, 0.15) is 0 Å². The van der Waals surface area contributed by atoms with Crippen molar-refractivity contribution in [3.05, 3.63) is 11.9 Å². The van der Waals surface area contributed by atoms with Crippen molar-refractivity contribution in [3.63, 3.8) is 0 Å². The van der Waals surface area contributed by atoms with E-state index in [-0.39, 0.29) is 11.7 Å². The number of imidazole rings is 1. The number of rotatable bonds is 8. The van der Waals surface area contributed by atoms with E-state index in [1.807, 2.05) is 17.7 Å². The number of ether oxygens (including phenoxy) is 1. The Bertz CT molecular complexity index is 445. The minimum Gasteiger partial charge on any atom is -0.481 e. The topological polar surface area (TPSA) is 81.4 Å². The van der Waals surface area contributed by atoms with E-state index in [9.17, 15) is 9.59 Å². The molecule has 0 bridgehead atoms. The van der Waals surface area contributed by atoms with Crippen LogP contribution in [0.25, 0.3) is 0 Å². The Morgan fingerprint density at radius 1 is 1.53 bits per heavy atom. The van der Waals surface area contributed by atoms with Crippen molar-refractivity contribution >= 4 is 23.7 Å². The maximum atomic E-state index is 11.2. The van der Waals surface area contributed by atoms with Gasteiger partial charge in [0.25, 0.3) is 0 Å². The molecular formula is C12H18N2O4S. The van der Waals surface area contributed by atoms with Crippen molar-refractivity contribution in [2.75, 3.05) is 12.4 Å². The molecule has 7 heteroatoms. The molecule has 0 aliphatic rings. The Morgan fingerprint density at radius 3 is 2.89 bits per heavy atom. The lowest BCUT2D eigenvalue weighted by Crippen LogP contribution is -2.07. The van der Waals surface area contributed by atoms with Crippen molar-refractivity contribution in [3.8, 4) is 0 Å². The molecule has 0 aliphatic carbocycles. The molecule has 0 saturated carbocycles. The number of carbonyl (C=O) groups excluding carboxylic acids is 1. The zero-order valence-corrected chi connectivity index (χ0v) is 11.9. The minimum absolute atomic E-state index is 0.0195. The summed E-state index contributed by atoms with van der Waals surface area (Å²) in [6.45, 7) is 4.65. The summed E-state index contributed by atoms with van der Waals surface area (Å²) in [6.07, 6.45) is 2.86. The normalized spacial score (nSPS) is 10.4. The molecular weight excluding hydrogens is 268 g/mol. The van der Waals surface area contributed by atoms with Gasteiger partial charge in [-0.3, -0.25) is 9.59 Å². The number of aliphatic carboxylic acids is 1. The van der Waals surface area contributed by atoms with E-state index in [2.05, 4.69) is 4.98 Å². The van der Waals surface area contributed by atoms with Gasteiger partial charge >= 0.3 is 11.9 Å². The number of carboxylic acid groups (broad SMARTS) is 1. The Labute approximate surface area is 116 Å². The highest BCUT2D eigenvalue weighted by Gasteiger charge is 2.09. The van der Waals surface area contributed by atoms with Crippen molar-refractivity contribution in [1.29, 1.82) is 0 Å². The number of hydrogen-bond acceptors (Lipinski definition) is 5. The predicted molar refractivity (Wildman–Crippen MR) is 71.2 cm³/mol. The molecule has 0 aliphatic heterocycles. The van der Waals surface area contributed by atoms with Crippen molar-refractivity contribution in [2.24, 2.45) is 0 Å². The maximum absolute atomic E-state index is 11.2.